The van der Waals surface area contributed by atoms with Gasteiger partial charge in [0.1, 0.15) is 0 Å². The zero-order valence-corrected chi connectivity index (χ0v) is 22.9. The van der Waals surface area contributed by atoms with Crippen LogP contribution in [0.25, 0.3) is 87.0 Å². The first-order chi connectivity index (χ1) is 20.9. The number of para-hydroxylation sites is 1. The lowest BCUT2D eigenvalue weighted by molar-refractivity contribution is 1.45. The van der Waals surface area contributed by atoms with Crippen LogP contribution in [0.3, 0.4) is 0 Å². The number of hydrogen-bond donors (Lipinski definition) is 0. The van der Waals surface area contributed by atoms with Crippen molar-refractivity contribution in [2.24, 2.45) is 0 Å². The summed E-state index contributed by atoms with van der Waals surface area (Å²) in [7, 11) is 0. The van der Waals surface area contributed by atoms with Crippen molar-refractivity contribution in [2.75, 3.05) is 0 Å². The summed E-state index contributed by atoms with van der Waals surface area (Å²) in [6, 6.07) is 52.8. The maximum absolute atomic E-state index is 5.04. The Morgan fingerprint density at radius 1 is 0.333 bits per heavy atom. The average molecular weight is 532 g/mol. The van der Waals surface area contributed by atoms with E-state index < -0.39 is 0 Å². The summed E-state index contributed by atoms with van der Waals surface area (Å²) < 4.78 is 0. The Bertz CT molecular complexity index is 2520. The molecule has 0 fully saturated rings. The van der Waals surface area contributed by atoms with Crippen LogP contribution >= 0.6 is 0 Å². The van der Waals surface area contributed by atoms with E-state index in [1.54, 1.807) is 0 Å². The quantitative estimate of drug-likeness (QED) is 0.160. The molecule has 1 aromatic heterocycles. The van der Waals surface area contributed by atoms with E-state index in [2.05, 4.69) is 152 Å². The van der Waals surface area contributed by atoms with Crippen molar-refractivity contribution in [1.82, 2.24) is 4.98 Å². The minimum Gasteiger partial charge on any atom is -0.256 e. The Hall–Kier alpha value is -5.53. The summed E-state index contributed by atoms with van der Waals surface area (Å²) in [6.07, 6.45) is 2.11. The van der Waals surface area contributed by atoms with Crippen LogP contribution in [0.2, 0.25) is 0 Å². The van der Waals surface area contributed by atoms with Gasteiger partial charge in [-0.05, 0) is 77.5 Å². The van der Waals surface area contributed by atoms with E-state index in [1.165, 1.54) is 81.5 Å². The molecule has 0 aliphatic heterocycles. The van der Waals surface area contributed by atoms with Gasteiger partial charge in [0.2, 0.25) is 0 Å². The Morgan fingerprint density at radius 2 is 0.905 bits per heavy atom. The lowest BCUT2D eigenvalue weighted by atomic mass is 9.82. The molecule has 0 bridgehead atoms. The fourth-order valence-corrected chi connectivity index (χ4v) is 7.07. The van der Waals surface area contributed by atoms with Gasteiger partial charge in [-0.2, -0.15) is 0 Å². The molecule has 0 unspecified atom stereocenters. The molecule has 0 saturated carbocycles. The highest BCUT2D eigenvalue weighted by Crippen LogP contribution is 2.48. The maximum Gasteiger partial charge on any atom is 0.0708 e. The van der Waals surface area contributed by atoms with Crippen LogP contribution < -0.4 is 0 Å². The molecule has 9 aromatic rings. The largest absolute Gasteiger partial charge is 0.256 e. The van der Waals surface area contributed by atoms with E-state index in [1.807, 2.05) is 0 Å². The molecule has 0 atom stereocenters. The monoisotopic (exact) mass is 531 g/mol. The van der Waals surface area contributed by atoms with E-state index >= 15 is 0 Å². The number of nitrogens with zero attached hydrogens (tertiary/aromatic N) is 1. The second-order valence-corrected chi connectivity index (χ2v) is 11.1. The minimum absolute atomic E-state index is 1.01. The van der Waals surface area contributed by atoms with Gasteiger partial charge in [0.05, 0.1) is 5.52 Å². The van der Waals surface area contributed by atoms with Gasteiger partial charge in [0, 0.05) is 22.4 Å². The fraction of sp³-hybridized carbons (Fsp3) is 0. The standard InChI is InChI=1S/C41H25N/c1-3-15-28-26(12-1)14-11-22-32(28)40-34-20-8-7-19-33(34)39(37-25-42-38-23-10-9-21-35(38)41(37)40)36-24-27-13-2-4-16-29(27)30-17-5-6-18-31(30)36/h1-25H. The number of benzene rings is 8. The third-order valence-electron chi connectivity index (χ3n) is 8.86. The van der Waals surface area contributed by atoms with E-state index in [4.69, 9.17) is 4.98 Å². The van der Waals surface area contributed by atoms with E-state index in [9.17, 15) is 0 Å². The predicted molar refractivity (Wildman–Crippen MR) is 180 cm³/mol. The molecular weight excluding hydrogens is 506 g/mol. The lowest BCUT2D eigenvalue weighted by Gasteiger charge is -2.21. The highest BCUT2D eigenvalue weighted by atomic mass is 14.7. The summed E-state index contributed by atoms with van der Waals surface area (Å²) in [5.74, 6) is 0. The molecule has 0 spiro atoms. The third kappa shape index (κ3) is 3.28. The maximum atomic E-state index is 5.04. The third-order valence-corrected chi connectivity index (χ3v) is 8.86. The molecule has 1 nitrogen and oxygen atoms in total. The number of pyridine rings is 1. The van der Waals surface area contributed by atoms with Gasteiger partial charge < -0.3 is 0 Å². The van der Waals surface area contributed by atoms with Crippen LogP contribution in [-0.2, 0) is 0 Å². The van der Waals surface area contributed by atoms with Crippen molar-refractivity contribution in [3.05, 3.63) is 152 Å². The van der Waals surface area contributed by atoms with Gasteiger partial charge >= 0.3 is 0 Å². The molecule has 1 heteroatoms. The normalized spacial score (nSPS) is 11.8. The Balaban J connectivity index is 1.56. The smallest absolute Gasteiger partial charge is 0.0708 e. The molecule has 0 amide bonds. The Labute approximate surface area is 243 Å². The second kappa shape index (κ2) is 8.99. The van der Waals surface area contributed by atoms with Crippen LogP contribution in [0, 0.1) is 0 Å². The molecular formula is C41H25N. The number of fused-ring (bicyclic) bond motifs is 8. The van der Waals surface area contributed by atoms with Gasteiger partial charge in [0.15, 0.2) is 0 Å². The molecule has 9 rings (SSSR count). The topological polar surface area (TPSA) is 12.9 Å². The molecule has 0 N–H and O–H groups in total. The summed E-state index contributed by atoms with van der Waals surface area (Å²) in [4.78, 5) is 5.04. The lowest BCUT2D eigenvalue weighted by Crippen LogP contribution is -1.95. The van der Waals surface area contributed by atoms with Gasteiger partial charge in [-0.25, -0.2) is 0 Å². The van der Waals surface area contributed by atoms with Crippen LogP contribution in [-0.4, -0.2) is 4.98 Å². The number of rotatable bonds is 2. The van der Waals surface area contributed by atoms with Crippen molar-refractivity contribution in [2.45, 2.75) is 0 Å². The summed E-state index contributed by atoms with van der Waals surface area (Å²) in [5.41, 5.74) is 6.01. The van der Waals surface area contributed by atoms with Crippen molar-refractivity contribution in [1.29, 1.82) is 0 Å². The highest BCUT2D eigenvalue weighted by Gasteiger charge is 2.21. The van der Waals surface area contributed by atoms with E-state index in [0.717, 1.165) is 5.52 Å². The van der Waals surface area contributed by atoms with E-state index in [-0.39, 0.29) is 0 Å². The number of aromatic nitrogens is 1. The Kier molecular flexibility index (Phi) is 4.97. The van der Waals surface area contributed by atoms with Gasteiger partial charge in [-0.15, -0.1) is 0 Å². The van der Waals surface area contributed by atoms with Crippen molar-refractivity contribution in [3.8, 4) is 22.3 Å². The van der Waals surface area contributed by atoms with Crippen molar-refractivity contribution in [3.63, 3.8) is 0 Å². The molecule has 0 saturated heterocycles. The first-order valence-corrected chi connectivity index (χ1v) is 14.5. The number of hydrogen-bond acceptors (Lipinski definition) is 1. The first kappa shape index (κ1) is 23.2. The summed E-state index contributed by atoms with van der Waals surface area (Å²) >= 11 is 0. The van der Waals surface area contributed by atoms with Gasteiger partial charge in [-0.1, -0.05) is 133 Å². The molecule has 0 aliphatic rings. The van der Waals surface area contributed by atoms with Crippen LogP contribution in [0.15, 0.2) is 152 Å². The van der Waals surface area contributed by atoms with E-state index in [0.29, 0.717) is 0 Å². The summed E-state index contributed by atoms with van der Waals surface area (Å²) in [5, 5.41) is 13.7. The second-order valence-electron chi connectivity index (χ2n) is 11.1. The molecule has 0 radical (unpaired) electrons. The molecule has 194 valence electrons. The van der Waals surface area contributed by atoms with Gasteiger partial charge in [0.25, 0.3) is 0 Å². The molecule has 8 aromatic carbocycles. The van der Waals surface area contributed by atoms with Crippen LogP contribution in [0.5, 0.6) is 0 Å². The van der Waals surface area contributed by atoms with Crippen molar-refractivity contribution < 1.29 is 0 Å². The first-order valence-electron chi connectivity index (χ1n) is 14.5. The van der Waals surface area contributed by atoms with Crippen LogP contribution in [0.4, 0.5) is 0 Å². The van der Waals surface area contributed by atoms with Gasteiger partial charge in [-0.3, -0.25) is 4.98 Å². The fourth-order valence-electron chi connectivity index (χ4n) is 7.07. The van der Waals surface area contributed by atoms with Crippen LogP contribution in [0.1, 0.15) is 0 Å². The molecule has 0 aliphatic carbocycles. The average Bonchev–Trinajstić information content (AvgIpc) is 3.06. The zero-order chi connectivity index (χ0) is 27.6. The minimum atomic E-state index is 1.01. The highest BCUT2D eigenvalue weighted by molar-refractivity contribution is 6.31. The Morgan fingerprint density at radius 3 is 1.71 bits per heavy atom. The SMILES string of the molecule is c1ccc2c(-c3c4ccccc4c(-c4cc5ccccc5c5ccccc45)c4cnc5ccccc5c34)cccc2c1. The predicted octanol–water partition coefficient (Wildman–Crippen LogP) is 11.3. The zero-order valence-electron chi connectivity index (χ0n) is 22.9. The van der Waals surface area contributed by atoms with Crippen molar-refractivity contribution >= 4 is 64.8 Å². The summed E-state index contributed by atoms with van der Waals surface area (Å²) in [6.45, 7) is 0. The molecule has 1 heterocycles. The molecule has 42 heavy (non-hydrogen) atoms.